The number of hydrogen-bond donors (Lipinski definition) is 0. The van der Waals surface area contributed by atoms with Gasteiger partial charge in [0.25, 0.3) is 5.55 Å². The van der Waals surface area contributed by atoms with Crippen LogP contribution < -0.4 is 0 Å². The lowest BCUT2D eigenvalue weighted by Gasteiger charge is -2.41. The fourth-order valence-electron chi connectivity index (χ4n) is 1.03. The summed E-state index contributed by atoms with van der Waals surface area (Å²) >= 11 is 0. The van der Waals surface area contributed by atoms with Crippen LogP contribution in [0, 0.1) is 0 Å². The summed E-state index contributed by atoms with van der Waals surface area (Å²) in [5.74, 6) is 0. The molecule has 0 fully saturated rings. The molecule has 0 amide bonds. The molecule has 104 valence electrons. The third-order valence-electron chi connectivity index (χ3n) is 2.16. The van der Waals surface area contributed by atoms with Gasteiger partial charge in [0.2, 0.25) is 0 Å². The maximum Gasteiger partial charge on any atom is 0.437 e. The highest BCUT2D eigenvalue weighted by Crippen LogP contribution is 2.57. The summed E-state index contributed by atoms with van der Waals surface area (Å²) in [7, 11) is -4.39. The van der Waals surface area contributed by atoms with E-state index in [1.54, 1.807) is 0 Å². The molecule has 0 spiro atoms. The fraction of sp³-hybridized carbons (Fsp3) is 1.00. The Bertz CT molecular complexity index is 267. The molecule has 0 unspecified atom stereocenters. The first-order valence-electron chi connectivity index (χ1n) is 4.20. The van der Waals surface area contributed by atoms with Crippen molar-refractivity contribution in [3.63, 3.8) is 0 Å². The van der Waals surface area contributed by atoms with Gasteiger partial charge in [-0.3, -0.25) is 0 Å². The minimum Gasteiger partial charge on any atom is -0.217 e. The topological polar surface area (TPSA) is 0 Å². The first-order chi connectivity index (χ1) is 7.00. The van der Waals surface area contributed by atoms with Gasteiger partial charge < -0.3 is 0 Å². The average molecular weight is 292 g/mol. The van der Waals surface area contributed by atoms with Crippen LogP contribution in [-0.2, 0) is 0 Å². The van der Waals surface area contributed by atoms with Crippen molar-refractivity contribution in [3.8, 4) is 0 Å². The Hall–Kier alpha value is -0.413. The quantitative estimate of drug-likeness (QED) is 0.525. The van der Waals surface area contributed by atoms with Crippen LogP contribution in [0.5, 0.6) is 0 Å². The van der Waals surface area contributed by atoms with Gasteiger partial charge in [-0.15, -0.1) is 0 Å². The van der Waals surface area contributed by atoms with Gasteiger partial charge in [0, 0.05) is 0 Å². The summed E-state index contributed by atoms with van der Waals surface area (Å²) in [5.41, 5.74) is -12.0. The Morgan fingerprint density at radius 1 is 0.588 bits per heavy atom. The second kappa shape index (κ2) is 3.79. The second-order valence-electron chi connectivity index (χ2n) is 4.48. The molecule has 0 saturated heterocycles. The predicted octanol–water partition coefficient (Wildman–Crippen LogP) is 4.33. The third-order valence-corrected chi connectivity index (χ3v) is 4.38. The molecule has 0 aliphatic heterocycles. The van der Waals surface area contributed by atoms with Gasteiger partial charge in [-0.2, -0.15) is 26.3 Å². The lowest BCUT2D eigenvalue weighted by Crippen LogP contribution is -2.71. The lowest BCUT2D eigenvalue weighted by molar-refractivity contribution is -0.382. The molecule has 0 heterocycles. The van der Waals surface area contributed by atoms with Gasteiger partial charge in [-0.05, 0) is 0 Å². The average Bonchev–Trinajstić information content (AvgIpc) is 1.95. The van der Waals surface area contributed by atoms with E-state index in [4.69, 9.17) is 0 Å². The van der Waals surface area contributed by atoms with Gasteiger partial charge in [0.15, 0.2) is 0 Å². The van der Waals surface area contributed by atoms with E-state index in [1.807, 2.05) is 0 Å². The predicted molar refractivity (Wildman–Crippen MR) is 44.2 cm³/mol. The van der Waals surface area contributed by atoms with E-state index >= 15 is 0 Å². The van der Waals surface area contributed by atoms with Gasteiger partial charge in [-0.25, -0.2) is 13.2 Å². The third kappa shape index (κ3) is 2.27. The first kappa shape index (κ1) is 16.6. The Labute approximate surface area is 91.8 Å². The van der Waals surface area contributed by atoms with Crippen LogP contribution in [0.2, 0.25) is 19.6 Å². The molecule has 0 radical (unpaired) electrons. The van der Waals surface area contributed by atoms with Crippen LogP contribution in [0.25, 0.3) is 0 Å². The molecule has 0 aromatic carbocycles. The Morgan fingerprint density at radius 2 is 0.824 bits per heavy atom. The minimum absolute atomic E-state index is 0.527. The van der Waals surface area contributed by atoms with Crippen molar-refractivity contribution < 1.29 is 39.5 Å². The maximum atomic E-state index is 13.2. The molecular formula is C7H9F9Si. The summed E-state index contributed by atoms with van der Waals surface area (Å²) in [5, 5.41) is 0. The first-order valence-corrected chi connectivity index (χ1v) is 7.70. The largest absolute Gasteiger partial charge is 0.437 e. The fourth-order valence-corrected chi connectivity index (χ4v) is 2.35. The molecule has 0 aromatic rings. The van der Waals surface area contributed by atoms with E-state index in [0.717, 1.165) is 0 Å². The van der Waals surface area contributed by atoms with Crippen LogP contribution >= 0.6 is 0 Å². The van der Waals surface area contributed by atoms with Crippen LogP contribution in [0.15, 0.2) is 0 Å². The van der Waals surface area contributed by atoms with Crippen LogP contribution in [0.4, 0.5) is 39.5 Å². The molecule has 0 bridgehead atoms. The van der Waals surface area contributed by atoms with Crippen molar-refractivity contribution in [2.75, 3.05) is 0 Å². The van der Waals surface area contributed by atoms with Crippen molar-refractivity contribution in [2.45, 2.75) is 43.2 Å². The molecule has 0 rings (SSSR count). The molecular weight excluding hydrogens is 283 g/mol. The molecule has 0 aliphatic rings. The highest BCUT2D eigenvalue weighted by atomic mass is 28.3. The smallest absolute Gasteiger partial charge is 0.217 e. The maximum absolute atomic E-state index is 13.2. The van der Waals surface area contributed by atoms with Gasteiger partial charge in [-0.1, -0.05) is 19.6 Å². The molecule has 0 nitrogen and oxygen atoms in total. The minimum atomic E-state index is -6.73. The summed E-state index contributed by atoms with van der Waals surface area (Å²) in [6.07, 6.45) is -13.5. The monoisotopic (exact) mass is 292 g/mol. The zero-order chi connectivity index (χ0) is 14.5. The summed E-state index contributed by atoms with van der Waals surface area (Å²) in [4.78, 5) is 0. The van der Waals surface area contributed by atoms with Gasteiger partial charge in [0.05, 0.1) is 0 Å². The van der Waals surface area contributed by atoms with Crippen LogP contribution in [0.3, 0.4) is 0 Å². The number of halogens is 9. The summed E-state index contributed by atoms with van der Waals surface area (Å²) < 4.78 is 112. The van der Waals surface area contributed by atoms with E-state index < -0.39 is 31.6 Å². The van der Waals surface area contributed by atoms with Gasteiger partial charge >= 0.3 is 18.0 Å². The zero-order valence-electron chi connectivity index (χ0n) is 8.90. The van der Waals surface area contributed by atoms with E-state index in [-0.39, 0.29) is 0 Å². The molecule has 0 N–H and O–H groups in total. The Kier molecular flexibility index (Phi) is 3.70. The molecule has 17 heavy (non-hydrogen) atoms. The molecule has 0 saturated carbocycles. The van der Waals surface area contributed by atoms with Crippen molar-refractivity contribution in [3.05, 3.63) is 0 Å². The summed E-state index contributed by atoms with van der Waals surface area (Å²) in [6, 6.07) is 0. The van der Waals surface area contributed by atoms with Crippen molar-refractivity contribution >= 4 is 8.07 Å². The standard InChI is InChI=1S/C7H9F9Si/c1-17(2,3)7(15,16)4(8,5(9,10)11)6(12,13)14/h1-3H3. The van der Waals surface area contributed by atoms with E-state index in [0.29, 0.717) is 19.6 Å². The molecule has 0 atom stereocenters. The number of rotatable bonds is 2. The van der Waals surface area contributed by atoms with E-state index in [2.05, 4.69) is 0 Å². The van der Waals surface area contributed by atoms with Gasteiger partial charge in [0.1, 0.15) is 8.07 Å². The summed E-state index contributed by atoms with van der Waals surface area (Å²) in [6.45, 7) is 1.58. The van der Waals surface area contributed by atoms with Crippen molar-refractivity contribution in [2.24, 2.45) is 0 Å². The molecule has 0 aromatic heterocycles. The Balaban J connectivity index is 6.04. The van der Waals surface area contributed by atoms with Crippen LogP contribution in [0.1, 0.15) is 0 Å². The normalized spacial score (nSPS) is 16.2. The highest BCUT2D eigenvalue weighted by Gasteiger charge is 2.86. The molecule has 10 heteroatoms. The van der Waals surface area contributed by atoms with Crippen molar-refractivity contribution in [1.29, 1.82) is 0 Å². The lowest BCUT2D eigenvalue weighted by atomic mass is 10.1. The number of alkyl halides is 9. The van der Waals surface area contributed by atoms with Crippen molar-refractivity contribution in [1.82, 2.24) is 0 Å². The second-order valence-corrected chi connectivity index (χ2v) is 9.61. The van der Waals surface area contributed by atoms with E-state index in [1.165, 1.54) is 0 Å². The Morgan fingerprint density at radius 3 is 0.882 bits per heavy atom. The number of hydrogen-bond acceptors (Lipinski definition) is 0. The highest BCUT2D eigenvalue weighted by molar-refractivity contribution is 6.78. The van der Waals surface area contributed by atoms with E-state index in [9.17, 15) is 39.5 Å². The zero-order valence-corrected chi connectivity index (χ0v) is 9.90. The molecule has 0 aliphatic carbocycles. The SMILES string of the molecule is C[Si](C)(C)C(F)(F)C(F)(C(F)(F)F)C(F)(F)F. The van der Waals surface area contributed by atoms with Crippen LogP contribution in [-0.4, -0.2) is 31.6 Å².